The van der Waals surface area contributed by atoms with Crippen molar-refractivity contribution in [3.05, 3.63) is 12.3 Å². The van der Waals surface area contributed by atoms with Gasteiger partial charge in [0.1, 0.15) is 5.82 Å². The van der Waals surface area contributed by atoms with Gasteiger partial charge in [0, 0.05) is 32.4 Å². The zero-order valence-electron chi connectivity index (χ0n) is 9.65. The zero-order chi connectivity index (χ0) is 11.2. The molecule has 1 aliphatic heterocycles. The van der Waals surface area contributed by atoms with E-state index >= 15 is 0 Å². The van der Waals surface area contributed by atoms with Crippen molar-refractivity contribution in [2.45, 2.75) is 13.3 Å². The highest BCUT2D eigenvalue weighted by Crippen LogP contribution is 2.13. The van der Waals surface area contributed by atoms with Crippen LogP contribution in [0.25, 0.3) is 0 Å². The van der Waals surface area contributed by atoms with Crippen molar-refractivity contribution in [2.75, 3.05) is 43.1 Å². The van der Waals surface area contributed by atoms with Crippen molar-refractivity contribution >= 4 is 11.8 Å². The smallest absolute Gasteiger partial charge is 0.224 e. The van der Waals surface area contributed by atoms with Crippen LogP contribution in [0.5, 0.6) is 0 Å². The van der Waals surface area contributed by atoms with Crippen LogP contribution >= 0.6 is 0 Å². The van der Waals surface area contributed by atoms with Crippen LogP contribution in [0.1, 0.15) is 13.3 Å². The van der Waals surface area contributed by atoms with E-state index in [0.29, 0.717) is 5.95 Å². The Labute approximate surface area is 95.8 Å². The van der Waals surface area contributed by atoms with Crippen LogP contribution in [0.15, 0.2) is 12.3 Å². The number of rotatable bonds is 3. The average molecular weight is 222 g/mol. The topological polar surface area (TPSA) is 50.3 Å². The summed E-state index contributed by atoms with van der Waals surface area (Å²) in [6.07, 6.45) is 2.85. The highest BCUT2D eigenvalue weighted by molar-refractivity contribution is 5.42. The van der Waals surface area contributed by atoms with Crippen molar-refractivity contribution in [3.63, 3.8) is 0 Å². The Morgan fingerprint density at radius 3 is 3.25 bits per heavy atom. The van der Waals surface area contributed by atoms with Gasteiger partial charge in [-0.25, -0.2) is 4.98 Å². The largest absolute Gasteiger partial charge is 0.380 e. The highest BCUT2D eigenvalue weighted by Gasteiger charge is 2.11. The third-order valence-corrected chi connectivity index (χ3v) is 2.52. The molecule has 1 aliphatic rings. The van der Waals surface area contributed by atoms with Gasteiger partial charge in [0.15, 0.2) is 0 Å². The molecule has 0 spiro atoms. The monoisotopic (exact) mass is 222 g/mol. The Balaban J connectivity index is 2.08. The molecule has 1 fully saturated rings. The third kappa shape index (κ3) is 2.82. The molecule has 16 heavy (non-hydrogen) atoms. The lowest BCUT2D eigenvalue weighted by Crippen LogP contribution is -2.27. The molecule has 0 aliphatic carbocycles. The van der Waals surface area contributed by atoms with Crippen molar-refractivity contribution < 1.29 is 4.74 Å². The number of nitrogens with zero attached hydrogens (tertiary/aromatic N) is 3. The van der Waals surface area contributed by atoms with E-state index in [-0.39, 0.29) is 0 Å². The zero-order valence-corrected chi connectivity index (χ0v) is 9.65. The van der Waals surface area contributed by atoms with Crippen LogP contribution in [0.2, 0.25) is 0 Å². The fourth-order valence-corrected chi connectivity index (χ4v) is 1.74. The minimum Gasteiger partial charge on any atom is -0.380 e. The summed E-state index contributed by atoms with van der Waals surface area (Å²) in [6.45, 7) is 6.41. The van der Waals surface area contributed by atoms with Gasteiger partial charge in [0.05, 0.1) is 6.61 Å². The molecule has 1 N–H and O–H groups in total. The predicted molar refractivity (Wildman–Crippen MR) is 63.8 cm³/mol. The first-order valence-corrected chi connectivity index (χ1v) is 5.80. The summed E-state index contributed by atoms with van der Waals surface area (Å²) in [4.78, 5) is 10.9. The number of ether oxygens (including phenoxy) is 1. The average Bonchev–Trinajstić information content (AvgIpc) is 2.58. The molecular formula is C11H18N4O. The maximum atomic E-state index is 5.42. The van der Waals surface area contributed by atoms with E-state index < -0.39 is 0 Å². The molecule has 2 rings (SSSR count). The summed E-state index contributed by atoms with van der Waals surface area (Å²) in [5, 5.41) is 3.12. The van der Waals surface area contributed by atoms with E-state index in [0.717, 1.165) is 45.1 Å². The van der Waals surface area contributed by atoms with E-state index in [2.05, 4.69) is 20.2 Å². The van der Waals surface area contributed by atoms with Gasteiger partial charge in [-0.15, -0.1) is 0 Å². The highest BCUT2D eigenvalue weighted by atomic mass is 16.5. The Hall–Kier alpha value is -1.36. The van der Waals surface area contributed by atoms with Crippen LogP contribution in [-0.4, -0.2) is 42.8 Å². The van der Waals surface area contributed by atoms with Crippen LogP contribution in [0, 0.1) is 0 Å². The van der Waals surface area contributed by atoms with E-state index in [9.17, 15) is 0 Å². The van der Waals surface area contributed by atoms with Crippen LogP contribution in [0.4, 0.5) is 11.8 Å². The second-order valence-electron chi connectivity index (χ2n) is 3.72. The maximum Gasteiger partial charge on any atom is 0.224 e. The molecule has 5 nitrogen and oxygen atoms in total. The molecule has 0 amide bonds. The van der Waals surface area contributed by atoms with E-state index in [1.807, 2.05) is 13.0 Å². The summed E-state index contributed by atoms with van der Waals surface area (Å²) in [6, 6.07) is 1.95. The molecule has 2 heterocycles. The number of hydrogen-bond donors (Lipinski definition) is 1. The summed E-state index contributed by atoms with van der Waals surface area (Å²) < 4.78 is 5.42. The third-order valence-electron chi connectivity index (χ3n) is 2.52. The minimum atomic E-state index is 0.699. The quantitative estimate of drug-likeness (QED) is 0.831. The molecule has 5 heteroatoms. The Morgan fingerprint density at radius 2 is 2.38 bits per heavy atom. The van der Waals surface area contributed by atoms with Crippen LogP contribution < -0.4 is 10.2 Å². The number of hydrogen-bond acceptors (Lipinski definition) is 5. The molecule has 0 radical (unpaired) electrons. The van der Waals surface area contributed by atoms with E-state index in [4.69, 9.17) is 4.74 Å². The second kappa shape index (κ2) is 5.65. The van der Waals surface area contributed by atoms with Crippen molar-refractivity contribution in [2.24, 2.45) is 0 Å². The first-order chi connectivity index (χ1) is 7.90. The molecule has 0 saturated carbocycles. The molecule has 0 atom stereocenters. The molecular weight excluding hydrogens is 204 g/mol. The molecule has 1 saturated heterocycles. The lowest BCUT2D eigenvalue weighted by Gasteiger charge is -2.20. The molecule has 0 unspecified atom stereocenters. The predicted octanol–water partition coefficient (Wildman–Crippen LogP) is 1.14. The lowest BCUT2D eigenvalue weighted by atomic mass is 10.4. The fraction of sp³-hybridized carbons (Fsp3) is 0.636. The minimum absolute atomic E-state index is 0.699. The van der Waals surface area contributed by atoms with Crippen LogP contribution in [0.3, 0.4) is 0 Å². The van der Waals surface area contributed by atoms with Crippen molar-refractivity contribution in [3.8, 4) is 0 Å². The van der Waals surface area contributed by atoms with E-state index in [1.54, 1.807) is 6.20 Å². The van der Waals surface area contributed by atoms with Gasteiger partial charge in [-0.2, -0.15) is 4.98 Å². The van der Waals surface area contributed by atoms with Gasteiger partial charge in [-0.1, -0.05) is 0 Å². The Morgan fingerprint density at radius 1 is 1.44 bits per heavy atom. The second-order valence-corrected chi connectivity index (χ2v) is 3.72. The van der Waals surface area contributed by atoms with Crippen molar-refractivity contribution in [1.82, 2.24) is 9.97 Å². The first-order valence-electron chi connectivity index (χ1n) is 5.80. The molecule has 0 aromatic carbocycles. The van der Waals surface area contributed by atoms with E-state index in [1.165, 1.54) is 0 Å². The van der Waals surface area contributed by atoms with Crippen molar-refractivity contribution in [1.29, 1.82) is 0 Å². The number of anilines is 2. The van der Waals surface area contributed by atoms with Gasteiger partial charge in [0.2, 0.25) is 5.95 Å². The Kier molecular flexibility index (Phi) is 3.93. The summed E-state index contributed by atoms with van der Waals surface area (Å²) in [5.41, 5.74) is 0. The molecule has 1 aromatic heterocycles. The lowest BCUT2D eigenvalue weighted by molar-refractivity contribution is 0.152. The van der Waals surface area contributed by atoms with Gasteiger partial charge in [0.25, 0.3) is 0 Å². The number of aromatic nitrogens is 2. The SMILES string of the molecule is CCNc1nccc(N2CCCOCC2)n1. The molecule has 88 valence electrons. The van der Waals surface area contributed by atoms with Gasteiger partial charge >= 0.3 is 0 Å². The van der Waals surface area contributed by atoms with Crippen LogP contribution in [-0.2, 0) is 4.74 Å². The maximum absolute atomic E-state index is 5.42. The molecule has 1 aromatic rings. The normalized spacial score (nSPS) is 16.9. The van der Waals surface area contributed by atoms with Gasteiger partial charge < -0.3 is 15.0 Å². The van der Waals surface area contributed by atoms with Gasteiger partial charge in [-0.3, -0.25) is 0 Å². The fourth-order valence-electron chi connectivity index (χ4n) is 1.74. The number of nitrogens with one attached hydrogen (secondary N) is 1. The standard InChI is InChI=1S/C11H18N4O/c1-2-12-11-13-5-4-10(14-11)15-6-3-8-16-9-7-15/h4-5H,2-3,6-9H2,1H3,(H,12,13,14). The Bertz CT molecular complexity index is 324. The van der Waals surface area contributed by atoms with Gasteiger partial charge in [-0.05, 0) is 19.4 Å². The summed E-state index contributed by atoms with van der Waals surface area (Å²) >= 11 is 0. The molecule has 0 bridgehead atoms. The summed E-state index contributed by atoms with van der Waals surface area (Å²) in [7, 11) is 0. The first kappa shape index (κ1) is 11.1. The summed E-state index contributed by atoms with van der Waals surface area (Å²) in [5.74, 6) is 1.68.